The lowest BCUT2D eigenvalue weighted by atomic mass is 10.1. The second kappa shape index (κ2) is 8.53. The lowest BCUT2D eigenvalue weighted by Crippen LogP contribution is -2.40. The maximum atomic E-state index is 6.22. The molecule has 2 aromatic rings. The number of hydrogen-bond acceptors (Lipinski definition) is 5. The molecule has 6 heteroatoms. The van der Waals surface area contributed by atoms with E-state index in [1.807, 2.05) is 4.68 Å². The first-order valence-electron chi connectivity index (χ1n) is 10.4. The summed E-state index contributed by atoms with van der Waals surface area (Å²) >= 11 is 0. The minimum atomic E-state index is 0.312. The SMILES string of the molecule is Cc1cccc(OC2CCN(Cc3c(C)nn(C)c3N3CCOCC3)CC2)c1. The highest BCUT2D eigenvalue weighted by Crippen LogP contribution is 2.27. The van der Waals surface area contributed by atoms with Gasteiger partial charge in [-0.25, -0.2) is 0 Å². The molecule has 2 saturated heterocycles. The molecule has 1 aromatic carbocycles. The zero-order valence-corrected chi connectivity index (χ0v) is 17.4. The van der Waals surface area contributed by atoms with Crippen molar-refractivity contribution in [1.29, 1.82) is 0 Å². The summed E-state index contributed by atoms with van der Waals surface area (Å²) in [7, 11) is 2.06. The summed E-state index contributed by atoms with van der Waals surface area (Å²) in [4.78, 5) is 4.97. The summed E-state index contributed by atoms with van der Waals surface area (Å²) < 4.78 is 13.8. The molecule has 152 valence electrons. The fourth-order valence-electron chi connectivity index (χ4n) is 4.34. The maximum absolute atomic E-state index is 6.22. The van der Waals surface area contributed by atoms with Gasteiger partial charge in [-0.1, -0.05) is 12.1 Å². The molecule has 0 spiro atoms. The van der Waals surface area contributed by atoms with Gasteiger partial charge in [0.2, 0.25) is 0 Å². The number of ether oxygens (including phenoxy) is 2. The monoisotopic (exact) mass is 384 g/mol. The molecule has 3 heterocycles. The molecule has 1 aromatic heterocycles. The molecule has 0 bridgehead atoms. The van der Waals surface area contributed by atoms with Crippen LogP contribution in [0, 0.1) is 13.8 Å². The highest BCUT2D eigenvalue weighted by atomic mass is 16.5. The van der Waals surface area contributed by atoms with Gasteiger partial charge in [0.25, 0.3) is 0 Å². The third kappa shape index (κ3) is 4.33. The quantitative estimate of drug-likeness (QED) is 0.793. The van der Waals surface area contributed by atoms with Crippen molar-refractivity contribution >= 4 is 5.82 Å². The average Bonchev–Trinajstić information content (AvgIpc) is 2.97. The fraction of sp³-hybridized carbons (Fsp3) is 0.591. The Bertz CT molecular complexity index is 790. The zero-order chi connectivity index (χ0) is 19.5. The van der Waals surface area contributed by atoms with E-state index in [0.717, 1.165) is 70.2 Å². The van der Waals surface area contributed by atoms with E-state index in [2.05, 4.69) is 55.0 Å². The topological polar surface area (TPSA) is 42.8 Å². The van der Waals surface area contributed by atoms with Crippen LogP contribution >= 0.6 is 0 Å². The summed E-state index contributed by atoms with van der Waals surface area (Å²) in [6.07, 6.45) is 2.45. The van der Waals surface area contributed by atoms with Gasteiger partial charge in [0.1, 0.15) is 17.7 Å². The average molecular weight is 385 g/mol. The molecule has 2 aliphatic heterocycles. The number of hydrogen-bond donors (Lipinski definition) is 0. The number of nitrogens with zero attached hydrogens (tertiary/aromatic N) is 4. The van der Waals surface area contributed by atoms with E-state index in [9.17, 15) is 0 Å². The first-order chi connectivity index (χ1) is 13.6. The largest absolute Gasteiger partial charge is 0.490 e. The molecule has 0 N–H and O–H groups in total. The Kier molecular flexibility index (Phi) is 5.87. The Morgan fingerprint density at radius 1 is 1.11 bits per heavy atom. The van der Waals surface area contributed by atoms with E-state index >= 15 is 0 Å². The van der Waals surface area contributed by atoms with E-state index in [-0.39, 0.29) is 0 Å². The smallest absolute Gasteiger partial charge is 0.131 e. The van der Waals surface area contributed by atoms with Crippen LogP contribution in [0.15, 0.2) is 24.3 Å². The summed E-state index contributed by atoms with van der Waals surface area (Å²) in [5.74, 6) is 2.26. The van der Waals surface area contributed by atoms with Crippen LogP contribution in [-0.4, -0.2) is 60.2 Å². The highest BCUT2D eigenvalue weighted by molar-refractivity contribution is 5.50. The molecule has 0 unspecified atom stereocenters. The second-order valence-electron chi connectivity index (χ2n) is 8.02. The first-order valence-corrected chi connectivity index (χ1v) is 10.4. The third-order valence-electron chi connectivity index (χ3n) is 5.83. The van der Waals surface area contributed by atoms with E-state index in [0.29, 0.717) is 6.10 Å². The normalized spacial score (nSPS) is 19.2. The predicted octanol–water partition coefficient (Wildman–Crippen LogP) is 2.92. The van der Waals surface area contributed by atoms with Crippen molar-refractivity contribution in [3.05, 3.63) is 41.1 Å². The van der Waals surface area contributed by atoms with E-state index in [1.165, 1.54) is 16.9 Å². The van der Waals surface area contributed by atoms with Gasteiger partial charge in [-0.05, 0) is 44.4 Å². The Morgan fingerprint density at radius 2 is 1.86 bits per heavy atom. The van der Waals surface area contributed by atoms with E-state index in [1.54, 1.807) is 0 Å². The van der Waals surface area contributed by atoms with Crippen molar-refractivity contribution in [2.75, 3.05) is 44.3 Å². The molecule has 6 nitrogen and oxygen atoms in total. The lowest BCUT2D eigenvalue weighted by molar-refractivity contribution is 0.0964. The number of aryl methyl sites for hydroxylation is 3. The number of likely N-dealkylation sites (tertiary alicyclic amines) is 1. The molecule has 0 aliphatic carbocycles. The number of piperidine rings is 1. The number of morpholine rings is 1. The Hall–Kier alpha value is -2.05. The molecule has 0 saturated carbocycles. The molecule has 0 amide bonds. The minimum Gasteiger partial charge on any atom is -0.490 e. The van der Waals surface area contributed by atoms with Crippen LogP contribution in [0.25, 0.3) is 0 Å². The Labute approximate surface area is 168 Å². The molecule has 28 heavy (non-hydrogen) atoms. The van der Waals surface area contributed by atoms with E-state index in [4.69, 9.17) is 14.6 Å². The van der Waals surface area contributed by atoms with Crippen molar-refractivity contribution in [3.63, 3.8) is 0 Å². The second-order valence-corrected chi connectivity index (χ2v) is 8.02. The first kappa shape index (κ1) is 19.3. The van der Waals surface area contributed by atoms with Crippen LogP contribution in [0.3, 0.4) is 0 Å². The van der Waals surface area contributed by atoms with Crippen LogP contribution in [0.2, 0.25) is 0 Å². The number of aromatic nitrogens is 2. The summed E-state index contributed by atoms with van der Waals surface area (Å²) in [5, 5.41) is 4.71. The van der Waals surface area contributed by atoms with Gasteiger partial charge in [0, 0.05) is 45.3 Å². The van der Waals surface area contributed by atoms with E-state index < -0.39 is 0 Å². The molecular weight excluding hydrogens is 352 g/mol. The van der Waals surface area contributed by atoms with Crippen LogP contribution in [-0.2, 0) is 18.3 Å². The minimum absolute atomic E-state index is 0.312. The van der Waals surface area contributed by atoms with Crippen LogP contribution in [0.4, 0.5) is 5.82 Å². The van der Waals surface area contributed by atoms with Crippen molar-refractivity contribution < 1.29 is 9.47 Å². The molecule has 0 radical (unpaired) electrons. The van der Waals surface area contributed by atoms with Crippen LogP contribution < -0.4 is 9.64 Å². The maximum Gasteiger partial charge on any atom is 0.131 e. The molecular formula is C22H32N4O2. The van der Waals surface area contributed by atoms with Gasteiger partial charge in [0.15, 0.2) is 0 Å². The Morgan fingerprint density at radius 3 is 2.57 bits per heavy atom. The van der Waals surface area contributed by atoms with Gasteiger partial charge in [-0.15, -0.1) is 0 Å². The molecule has 4 rings (SSSR count). The summed E-state index contributed by atoms with van der Waals surface area (Å²) in [6, 6.07) is 8.36. The van der Waals surface area contributed by atoms with Crippen LogP contribution in [0.5, 0.6) is 5.75 Å². The highest BCUT2D eigenvalue weighted by Gasteiger charge is 2.26. The standard InChI is InChI=1S/C22H32N4O2/c1-17-5-4-6-20(15-17)28-19-7-9-25(10-8-19)16-21-18(2)23-24(3)22(21)26-11-13-27-14-12-26/h4-6,15,19H,7-14,16H2,1-3H3. The fourth-order valence-corrected chi connectivity index (χ4v) is 4.34. The molecule has 2 aliphatic rings. The van der Waals surface area contributed by atoms with Gasteiger partial charge < -0.3 is 14.4 Å². The zero-order valence-electron chi connectivity index (χ0n) is 17.4. The van der Waals surface area contributed by atoms with Crippen molar-refractivity contribution in [3.8, 4) is 5.75 Å². The van der Waals surface area contributed by atoms with Crippen molar-refractivity contribution in [2.24, 2.45) is 7.05 Å². The Balaban J connectivity index is 1.37. The van der Waals surface area contributed by atoms with Gasteiger partial charge in [0.05, 0.1) is 18.9 Å². The summed E-state index contributed by atoms with van der Waals surface area (Å²) in [6.45, 7) is 10.8. The lowest BCUT2D eigenvalue weighted by Gasteiger charge is -2.34. The molecule has 0 atom stereocenters. The van der Waals surface area contributed by atoms with Gasteiger partial charge in [-0.3, -0.25) is 9.58 Å². The van der Waals surface area contributed by atoms with Gasteiger partial charge in [-0.2, -0.15) is 5.10 Å². The number of anilines is 1. The van der Waals surface area contributed by atoms with Crippen LogP contribution in [0.1, 0.15) is 29.7 Å². The third-order valence-corrected chi connectivity index (χ3v) is 5.83. The predicted molar refractivity (Wildman–Crippen MR) is 111 cm³/mol. The number of rotatable bonds is 5. The number of benzene rings is 1. The van der Waals surface area contributed by atoms with Crippen molar-refractivity contribution in [2.45, 2.75) is 39.3 Å². The van der Waals surface area contributed by atoms with Crippen molar-refractivity contribution in [1.82, 2.24) is 14.7 Å². The molecule has 2 fully saturated rings. The summed E-state index contributed by atoms with van der Waals surface area (Å²) in [5.41, 5.74) is 3.75. The van der Waals surface area contributed by atoms with Gasteiger partial charge >= 0.3 is 0 Å².